The molecule has 2 aromatic rings. The van der Waals surface area contributed by atoms with Crippen molar-refractivity contribution in [3.8, 4) is 6.07 Å². The maximum absolute atomic E-state index is 8.88. The minimum atomic E-state index is 0.732. The number of hydrogen-bond donors (Lipinski definition) is 0. The molecule has 17 heavy (non-hydrogen) atoms. The van der Waals surface area contributed by atoms with Gasteiger partial charge in [-0.25, -0.2) is 4.98 Å². The highest BCUT2D eigenvalue weighted by molar-refractivity contribution is 7.07. The van der Waals surface area contributed by atoms with Crippen LogP contribution in [0.25, 0.3) is 0 Å². The standard InChI is InChI=1S/C13H13N3S/c1-10-5-13(4-3-11(10)6-14)16(2)7-12-8-17-9-15-12/h3-5,8-9H,7H2,1-2H3. The van der Waals surface area contributed by atoms with Crippen LogP contribution in [0.5, 0.6) is 0 Å². The second-order valence-corrected chi connectivity index (χ2v) is 4.67. The molecule has 0 unspecified atom stereocenters. The Labute approximate surface area is 105 Å². The molecule has 0 aliphatic heterocycles. The van der Waals surface area contributed by atoms with E-state index in [1.807, 2.05) is 43.1 Å². The lowest BCUT2D eigenvalue weighted by Crippen LogP contribution is -2.16. The summed E-state index contributed by atoms with van der Waals surface area (Å²) in [5, 5.41) is 10.9. The van der Waals surface area contributed by atoms with Crippen LogP contribution in [-0.4, -0.2) is 12.0 Å². The van der Waals surface area contributed by atoms with E-state index in [-0.39, 0.29) is 0 Å². The Kier molecular flexibility index (Phi) is 3.40. The van der Waals surface area contributed by atoms with Crippen molar-refractivity contribution in [3.63, 3.8) is 0 Å². The van der Waals surface area contributed by atoms with E-state index in [0.717, 1.165) is 29.1 Å². The number of nitrogens with zero attached hydrogens (tertiary/aromatic N) is 3. The molecule has 2 rings (SSSR count). The predicted octanol–water partition coefficient (Wildman–Crippen LogP) is 2.96. The fraction of sp³-hybridized carbons (Fsp3) is 0.231. The summed E-state index contributed by atoms with van der Waals surface area (Å²) in [7, 11) is 2.03. The molecule has 86 valence electrons. The van der Waals surface area contributed by atoms with Gasteiger partial charge in [0, 0.05) is 18.1 Å². The summed E-state index contributed by atoms with van der Waals surface area (Å²) < 4.78 is 0. The van der Waals surface area contributed by atoms with Gasteiger partial charge in [-0.1, -0.05) is 0 Å². The summed E-state index contributed by atoms with van der Waals surface area (Å²) in [6.07, 6.45) is 0. The zero-order valence-electron chi connectivity index (χ0n) is 9.84. The van der Waals surface area contributed by atoms with Crippen LogP contribution in [-0.2, 0) is 6.54 Å². The van der Waals surface area contributed by atoms with Gasteiger partial charge >= 0.3 is 0 Å². The van der Waals surface area contributed by atoms with Crippen LogP contribution >= 0.6 is 11.3 Å². The zero-order valence-corrected chi connectivity index (χ0v) is 10.7. The van der Waals surface area contributed by atoms with Crippen molar-refractivity contribution in [3.05, 3.63) is 45.9 Å². The molecule has 0 radical (unpaired) electrons. The van der Waals surface area contributed by atoms with Crippen molar-refractivity contribution in [2.45, 2.75) is 13.5 Å². The van der Waals surface area contributed by atoms with Crippen LogP contribution < -0.4 is 4.90 Å². The van der Waals surface area contributed by atoms with Gasteiger partial charge in [0.25, 0.3) is 0 Å². The molecular formula is C13H13N3S. The number of aryl methyl sites for hydroxylation is 1. The quantitative estimate of drug-likeness (QED) is 0.832. The lowest BCUT2D eigenvalue weighted by molar-refractivity contribution is 0.894. The first-order valence-corrected chi connectivity index (χ1v) is 6.24. The second kappa shape index (κ2) is 4.98. The smallest absolute Gasteiger partial charge is 0.0994 e. The molecule has 1 aromatic heterocycles. The van der Waals surface area contributed by atoms with Gasteiger partial charge in [-0.15, -0.1) is 11.3 Å². The van der Waals surface area contributed by atoms with Gasteiger partial charge in [0.2, 0.25) is 0 Å². The van der Waals surface area contributed by atoms with Crippen LogP contribution in [0.1, 0.15) is 16.8 Å². The zero-order chi connectivity index (χ0) is 12.3. The van der Waals surface area contributed by atoms with Crippen LogP contribution in [0.15, 0.2) is 29.1 Å². The fourth-order valence-electron chi connectivity index (χ4n) is 1.66. The van der Waals surface area contributed by atoms with E-state index in [1.54, 1.807) is 11.3 Å². The molecule has 4 heteroatoms. The van der Waals surface area contributed by atoms with Gasteiger partial charge in [-0.05, 0) is 30.7 Å². The van der Waals surface area contributed by atoms with Gasteiger partial charge in [-0.3, -0.25) is 0 Å². The van der Waals surface area contributed by atoms with Crippen molar-refractivity contribution < 1.29 is 0 Å². The summed E-state index contributed by atoms with van der Waals surface area (Å²) in [5.41, 5.74) is 5.76. The van der Waals surface area contributed by atoms with E-state index in [0.29, 0.717) is 0 Å². The summed E-state index contributed by atoms with van der Waals surface area (Å²) in [5.74, 6) is 0. The normalized spacial score (nSPS) is 9.94. The number of anilines is 1. The minimum Gasteiger partial charge on any atom is -0.369 e. The summed E-state index contributed by atoms with van der Waals surface area (Å²) in [6.45, 7) is 2.74. The Morgan fingerprint density at radius 2 is 2.29 bits per heavy atom. The number of nitriles is 1. The fourth-order valence-corrected chi connectivity index (χ4v) is 2.21. The Bertz CT molecular complexity index is 540. The van der Waals surface area contributed by atoms with Gasteiger partial charge in [0.1, 0.15) is 0 Å². The average molecular weight is 243 g/mol. The van der Waals surface area contributed by atoms with Crippen LogP contribution in [0, 0.1) is 18.3 Å². The third-order valence-corrected chi connectivity index (χ3v) is 3.29. The van der Waals surface area contributed by atoms with Crippen molar-refractivity contribution in [1.82, 2.24) is 4.98 Å². The number of rotatable bonds is 3. The van der Waals surface area contributed by atoms with E-state index in [1.165, 1.54) is 0 Å². The lowest BCUT2D eigenvalue weighted by Gasteiger charge is -2.18. The molecule has 1 heterocycles. The van der Waals surface area contributed by atoms with Crippen molar-refractivity contribution >= 4 is 17.0 Å². The number of hydrogen-bond acceptors (Lipinski definition) is 4. The maximum atomic E-state index is 8.88. The summed E-state index contributed by atoms with van der Waals surface area (Å²) in [4.78, 5) is 6.39. The molecule has 0 aliphatic rings. The first-order chi connectivity index (χ1) is 8.20. The highest BCUT2D eigenvalue weighted by atomic mass is 32.1. The third kappa shape index (κ3) is 2.63. The average Bonchev–Trinajstić information content (AvgIpc) is 2.81. The lowest BCUT2D eigenvalue weighted by atomic mass is 10.1. The summed E-state index contributed by atoms with van der Waals surface area (Å²) in [6, 6.07) is 8.04. The van der Waals surface area contributed by atoms with Crippen LogP contribution in [0.2, 0.25) is 0 Å². The molecule has 0 amide bonds. The van der Waals surface area contributed by atoms with Gasteiger partial charge in [0.05, 0.1) is 29.4 Å². The SMILES string of the molecule is Cc1cc(N(C)Cc2cscn2)ccc1C#N. The minimum absolute atomic E-state index is 0.732. The van der Waals surface area contributed by atoms with Gasteiger partial charge < -0.3 is 4.90 Å². The molecular weight excluding hydrogens is 230 g/mol. The van der Waals surface area contributed by atoms with E-state index in [9.17, 15) is 0 Å². The van der Waals surface area contributed by atoms with Crippen molar-refractivity contribution in [2.75, 3.05) is 11.9 Å². The molecule has 0 saturated carbocycles. The van der Waals surface area contributed by atoms with Crippen molar-refractivity contribution in [1.29, 1.82) is 5.26 Å². The van der Waals surface area contributed by atoms with Gasteiger partial charge in [-0.2, -0.15) is 5.26 Å². The molecule has 0 aliphatic carbocycles. The van der Waals surface area contributed by atoms with Crippen molar-refractivity contribution in [2.24, 2.45) is 0 Å². The first-order valence-electron chi connectivity index (χ1n) is 5.29. The topological polar surface area (TPSA) is 39.9 Å². The molecule has 0 spiro atoms. The predicted molar refractivity (Wildman–Crippen MR) is 70.1 cm³/mol. The number of benzene rings is 1. The molecule has 0 bridgehead atoms. The number of thiazole rings is 1. The molecule has 0 fully saturated rings. The first kappa shape index (κ1) is 11.6. The van der Waals surface area contributed by atoms with E-state index < -0.39 is 0 Å². The highest BCUT2D eigenvalue weighted by Gasteiger charge is 2.05. The molecule has 0 atom stereocenters. The second-order valence-electron chi connectivity index (χ2n) is 3.95. The molecule has 3 nitrogen and oxygen atoms in total. The molecule has 1 aromatic carbocycles. The monoisotopic (exact) mass is 243 g/mol. The highest BCUT2D eigenvalue weighted by Crippen LogP contribution is 2.19. The Balaban J connectivity index is 2.17. The van der Waals surface area contributed by atoms with Crippen LogP contribution in [0.4, 0.5) is 5.69 Å². The number of aromatic nitrogens is 1. The Morgan fingerprint density at radius 3 is 2.88 bits per heavy atom. The summed E-state index contributed by atoms with van der Waals surface area (Å²) >= 11 is 1.61. The van der Waals surface area contributed by atoms with E-state index in [4.69, 9.17) is 5.26 Å². The molecule has 0 saturated heterocycles. The third-order valence-electron chi connectivity index (χ3n) is 2.65. The maximum Gasteiger partial charge on any atom is 0.0994 e. The van der Waals surface area contributed by atoms with Crippen LogP contribution in [0.3, 0.4) is 0 Å². The Morgan fingerprint density at radius 1 is 1.47 bits per heavy atom. The molecule has 0 N–H and O–H groups in total. The van der Waals surface area contributed by atoms with E-state index in [2.05, 4.69) is 16.0 Å². The van der Waals surface area contributed by atoms with E-state index >= 15 is 0 Å². The van der Waals surface area contributed by atoms with Gasteiger partial charge in [0.15, 0.2) is 0 Å². The largest absolute Gasteiger partial charge is 0.369 e. The Hall–Kier alpha value is -1.86.